The van der Waals surface area contributed by atoms with Crippen LogP contribution in [0.25, 0.3) is 22.5 Å². The van der Waals surface area contributed by atoms with Crippen LogP contribution >= 0.6 is 0 Å². The van der Waals surface area contributed by atoms with E-state index < -0.39 is 0 Å². The van der Waals surface area contributed by atoms with E-state index in [1.54, 1.807) is 12.1 Å². The quantitative estimate of drug-likeness (QED) is 0.292. The number of amides is 2. The topological polar surface area (TPSA) is 95.4 Å². The van der Waals surface area contributed by atoms with Crippen molar-refractivity contribution in [1.29, 1.82) is 0 Å². The lowest BCUT2D eigenvalue weighted by Gasteiger charge is -2.42. The summed E-state index contributed by atoms with van der Waals surface area (Å²) in [7, 11) is 2.95. The summed E-state index contributed by atoms with van der Waals surface area (Å²) >= 11 is 0. The average Bonchev–Trinajstić information content (AvgIpc) is 3.12. The third kappa shape index (κ3) is 6.84. The molecule has 0 aliphatic carbocycles. The van der Waals surface area contributed by atoms with Gasteiger partial charge in [-0.2, -0.15) is 0 Å². The van der Waals surface area contributed by atoms with Crippen molar-refractivity contribution in [2.24, 2.45) is 0 Å². The molecule has 6 rings (SSSR count). The van der Waals surface area contributed by atoms with Crippen LogP contribution in [0.4, 0.5) is 0 Å². The molecular formula is C37H40N4O5. The van der Waals surface area contributed by atoms with Crippen LogP contribution in [0, 0.1) is 0 Å². The molecule has 9 heteroatoms. The first-order chi connectivity index (χ1) is 22.4. The number of hydrogen-bond acceptors (Lipinski definition) is 7. The average molecular weight is 621 g/mol. The molecule has 0 spiro atoms. The normalized spacial score (nSPS) is 15.9. The zero-order valence-electron chi connectivity index (χ0n) is 26.4. The Balaban J connectivity index is 1.06. The number of hydrogen-bond donors (Lipinski definition) is 1. The molecule has 46 heavy (non-hydrogen) atoms. The number of likely N-dealkylation sites (tertiary alicyclic amines) is 1. The maximum atomic E-state index is 13.8. The van der Waals surface area contributed by atoms with Crippen molar-refractivity contribution in [3.05, 3.63) is 96.1 Å². The van der Waals surface area contributed by atoms with Gasteiger partial charge in [-0.25, -0.2) is 4.98 Å². The van der Waals surface area contributed by atoms with Gasteiger partial charge in [-0.1, -0.05) is 60.7 Å². The molecule has 2 amide bonds. The maximum Gasteiger partial charge on any atom is 0.254 e. The third-order valence-electron chi connectivity index (χ3n) is 9.04. The first kappa shape index (κ1) is 31.1. The van der Waals surface area contributed by atoms with Gasteiger partial charge >= 0.3 is 0 Å². The predicted octanol–water partition coefficient (Wildman–Crippen LogP) is 5.13. The van der Waals surface area contributed by atoms with E-state index in [0.717, 1.165) is 54.0 Å². The lowest BCUT2D eigenvalue weighted by Crippen LogP contribution is -2.54. The summed E-state index contributed by atoms with van der Waals surface area (Å²) in [5.41, 5.74) is 4.91. The molecule has 0 saturated carbocycles. The summed E-state index contributed by atoms with van der Waals surface area (Å²) in [6.45, 7) is 4.31. The minimum absolute atomic E-state index is 0.0271. The fourth-order valence-electron chi connectivity index (χ4n) is 6.46. The van der Waals surface area contributed by atoms with Gasteiger partial charge in [0, 0.05) is 62.0 Å². The van der Waals surface area contributed by atoms with Crippen LogP contribution in [-0.2, 0) is 11.2 Å². The van der Waals surface area contributed by atoms with Crippen LogP contribution in [0.5, 0.6) is 17.2 Å². The van der Waals surface area contributed by atoms with Crippen molar-refractivity contribution in [3.63, 3.8) is 0 Å². The minimum Gasteiger partial charge on any atom is -0.502 e. The minimum atomic E-state index is -0.0709. The Morgan fingerprint density at radius 1 is 0.739 bits per heavy atom. The molecule has 2 aliphatic heterocycles. The molecule has 9 nitrogen and oxygen atoms in total. The number of piperazine rings is 1. The number of pyridine rings is 1. The number of rotatable bonds is 8. The van der Waals surface area contributed by atoms with E-state index in [2.05, 4.69) is 4.90 Å². The molecule has 0 atom stereocenters. The summed E-state index contributed by atoms with van der Waals surface area (Å²) in [6, 6.07) is 27.5. The fraction of sp³-hybridized carbons (Fsp3) is 0.324. The molecule has 4 aromatic rings. The van der Waals surface area contributed by atoms with E-state index >= 15 is 0 Å². The van der Waals surface area contributed by atoms with Crippen LogP contribution < -0.4 is 9.47 Å². The second-order valence-electron chi connectivity index (χ2n) is 11.8. The first-order valence-corrected chi connectivity index (χ1v) is 15.8. The zero-order chi connectivity index (χ0) is 32.0. The van der Waals surface area contributed by atoms with Crippen molar-refractivity contribution < 1.29 is 24.2 Å². The lowest BCUT2D eigenvalue weighted by atomic mass is 10.0. The van der Waals surface area contributed by atoms with Gasteiger partial charge in [0.15, 0.2) is 11.5 Å². The van der Waals surface area contributed by atoms with E-state index in [9.17, 15) is 14.7 Å². The number of nitrogens with zero attached hydrogens (tertiary/aromatic N) is 4. The number of piperidine rings is 1. The highest BCUT2D eigenvalue weighted by Crippen LogP contribution is 2.37. The summed E-state index contributed by atoms with van der Waals surface area (Å²) in [4.78, 5) is 38.2. The number of aromatic hydroxyl groups is 1. The van der Waals surface area contributed by atoms with Crippen molar-refractivity contribution in [2.45, 2.75) is 25.3 Å². The lowest BCUT2D eigenvalue weighted by molar-refractivity contribution is -0.132. The highest BCUT2D eigenvalue weighted by Gasteiger charge is 2.31. The molecule has 2 aliphatic rings. The van der Waals surface area contributed by atoms with Crippen molar-refractivity contribution in [2.75, 3.05) is 53.5 Å². The zero-order valence-corrected chi connectivity index (χ0v) is 26.4. The van der Waals surface area contributed by atoms with Crippen molar-refractivity contribution in [1.82, 2.24) is 19.7 Å². The Kier molecular flexibility index (Phi) is 9.49. The predicted molar refractivity (Wildman–Crippen MR) is 177 cm³/mol. The Bertz CT molecular complexity index is 1580. The van der Waals surface area contributed by atoms with Gasteiger partial charge in [0.05, 0.1) is 32.0 Å². The third-order valence-corrected chi connectivity index (χ3v) is 9.04. The van der Waals surface area contributed by atoms with Gasteiger partial charge in [-0.15, -0.1) is 0 Å². The van der Waals surface area contributed by atoms with Crippen molar-refractivity contribution >= 4 is 11.8 Å². The monoisotopic (exact) mass is 620 g/mol. The number of ether oxygens (including phenoxy) is 2. The summed E-state index contributed by atoms with van der Waals surface area (Å²) < 4.78 is 10.5. The Labute approximate surface area is 270 Å². The van der Waals surface area contributed by atoms with Gasteiger partial charge < -0.3 is 24.4 Å². The molecule has 2 fully saturated rings. The largest absolute Gasteiger partial charge is 0.502 e. The van der Waals surface area contributed by atoms with Crippen molar-refractivity contribution in [3.8, 4) is 39.8 Å². The maximum absolute atomic E-state index is 13.8. The van der Waals surface area contributed by atoms with Gasteiger partial charge in [-0.05, 0) is 42.7 Å². The molecule has 2 saturated heterocycles. The number of phenolic OH excluding ortho intramolecular Hbond substituents is 1. The van der Waals surface area contributed by atoms with Crippen LogP contribution in [0.2, 0.25) is 0 Å². The highest BCUT2D eigenvalue weighted by molar-refractivity contribution is 5.96. The Morgan fingerprint density at radius 2 is 1.26 bits per heavy atom. The van der Waals surface area contributed by atoms with Crippen LogP contribution in [0.1, 0.15) is 28.8 Å². The van der Waals surface area contributed by atoms with Gasteiger partial charge in [0.25, 0.3) is 5.91 Å². The standard InChI is InChI=1S/C37H40N4O5/c1-45-33-21-26(22-34(46-2)36(33)43)23-35(42)40-15-13-30(14-16-40)39-17-19-41(20-18-39)37(44)29-24-31(27-9-5-3-6-10-27)38-32(25-29)28-11-7-4-8-12-28/h3-12,21-22,24-25,30,43H,13-20,23H2,1-2H3. The van der Waals surface area contributed by atoms with Gasteiger partial charge in [0.1, 0.15) is 0 Å². The Morgan fingerprint density at radius 3 is 1.76 bits per heavy atom. The van der Waals surface area contributed by atoms with Gasteiger partial charge in [0.2, 0.25) is 11.7 Å². The Hall–Kier alpha value is -4.89. The molecule has 1 N–H and O–H groups in total. The van der Waals surface area contributed by atoms with Gasteiger partial charge in [-0.3, -0.25) is 14.5 Å². The van der Waals surface area contributed by atoms with E-state index in [4.69, 9.17) is 14.5 Å². The number of carbonyl (C=O) groups is 2. The van der Waals surface area contributed by atoms with E-state index in [1.807, 2.05) is 82.6 Å². The molecule has 1 aromatic heterocycles. The number of carbonyl (C=O) groups excluding carboxylic acids is 2. The molecule has 3 heterocycles. The summed E-state index contributed by atoms with van der Waals surface area (Å²) in [5.74, 6) is 0.579. The SMILES string of the molecule is COc1cc(CC(=O)N2CCC(N3CCN(C(=O)c4cc(-c5ccccc5)nc(-c5ccccc5)c4)CC3)CC2)cc(OC)c1O. The molecule has 0 bridgehead atoms. The highest BCUT2D eigenvalue weighted by atomic mass is 16.5. The number of methoxy groups -OCH3 is 2. The number of phenols is 1. The molecule has 238 valence electrons. The van der Waals surface area contributed by atoms with Crippen LogP contribution in [0.3, 0.4) is 0 Å². The molecule has 0 radical (unpaired) electrons. The van der Waals surface area contributed by atoms with E-state index in [1.165, 1.54) is 14.2 Å². The molecular weight excluding hydrogens is 580 g/mol. The van der Waals surface area contributed by atoms with E-state index in [0.29, 0.717) is 37.8 Å². The van der Waals surface area contributed by atoms with E-state index in [-0.39, 0.29) is 35.5 Å². The summed E-state index contributed by atoms with van der Waals surface area (Å²) in [5, 5.41) is 10.2. The number of aromatic nitrogens is 1. The molecule has 0 unspecified atom stereocenters. The fourth-order valence-corrected chi connectivity index (χ4v) is 6.46. The molecule has 3 aromatic carbocycles. The summed E-state index contributed by atoms with van der Waals surface area (Å²) in [6.07, 6.45) is 2.01. The second kappa shape index (κ2) is 14.0. The number of benzene rings is 3. The van der Waals surface area contributed by atoms with Crippen LogP contribution in [-0.4, -0.2) is 96.1 Å². The second-order valence-corrected chi connectivity index (χ2v) is 11.8. The smallest absolute Gasteiger partial charge is 0.254 e. The first-order valence-electron chi connectivity index (χ1n) is 15.8. The van der Waals surface area contributed by atoms with Crippen LogP contribution in [0.15, 0.2) is 84.9 Å².